The number of ether oxygens (including phenoxy) is 2. The molecule has 1 unspecified atom stereocenters. The zero-order valence-corrected chi connectivity index (χ0v) is 17.4. The number of fused-ring (bicyclic) bond motifs is 1. The number of esters is 1. The lowest BCUT2D eigenvalue weighted by atomic mass is 9.99. The maximum atomic E-state index is 12.8. The number of carbonyl (C=O) groups excluding carboxylic acids is 2. The van der Waals surface area contributed by atoms with Gasteiger partial charge in [-0.2, -0.15) is 0 Å². The van der Waals surface area contributed by atoms with Gasteiger partial charge in [0.15, 0.2) is 5.78 Å². The van der Waals surface area contributed by atoms with E-state index >= 15 is 0 Å². The molecule has 0 saturated heterocycles. The number of aliphatic hydroxyl groups is 2. The first-order valence-corrected chi connectivity index (χ1v) is 9.80. The number of ketones is 1. The normalized spacial score (nSPS) is 27.5. The second-order valence-corrected chi connectivity index (χ2v) is 7.26. The van der Waals surface area contributed by atoms with Crippen LogP contribution >= 0.6 is 0 Å². The molecule has 1 aliphatic rings. The van der Waals surface area contributed by atoms with Crippen molar-refractivity contribution < 1.29 is 34.4 Å². The summed E-state index contributed by atoms with van der Waals surface area (Å²) in [6.45, 7) is 4.37. The summed E-state index contributed by atoms with van der Waals surface area (Å²) in [5.74, 6) is -1.91. The highest BCUT2D eigenvalue weighted by atomic mass is 16.5. The van der Waals surface area contributed by atoms with Crippen LogP contribution in [-0.2, 0) is 14.3 Å². The smallest absolute Gasteiger partial charge is 0.342 e. The lowest BCUT2D eigenvalue weighted by Gasteiger charge is -2.20. The second kappa shape index (κ2) is 10.9. The number of benzene rings is 1. The molecular formula is C22H29NO7. The summed E-state index contributed by atoms with van der Waals surface area (Å²) in [6.07, 6.45) is 2.27. The number of cyclic esters (lactones) is 1. The van der Waals surface area contributed by atoms with Crippen molar-refractivity contribution in [3.05, 3.63) is 41.5 Å². The summed E-state index contributed by atoms with van der Waals surface area (Å²) in [5.41, 5.74) is 0.942. The van der Waals surface area contributed by atoms with Crippen molar-refractivity contribution >= 4 is 23.5 Å². The molecule has 4 N–H and O–H groups in total. The minimum Gasteiger partial charge on any atom is -0.507 e. The number of nitrogens with one attached hydrogen (secondary N) is 1. The number of rotatable bonds is 4. The number of hydrogen-bond donors (Lipinski definition) is 4. The van der Waals surface area contributed by atoms with Crippen LogP contribution in [-0.4, -0.2) is 65.6 Å². The van der Waals surface area contributed by atoms with E-state index in [9.17, 15) is 24.9 Å². The predicted molar refractivity (Wildman–Crippen MR) is 112 cm³/mol. The maximum absolute atomic E-state index is 12.8. The number of methoxy groups -OCH3 is 1. The van der Waals surface area contributed by atoms with E-state index in [-0.39, 0.29) is 23.7 Å². The number of aliphatic hydroxyl groups excluding tert-OH is 2. The SMILES string of the molecule is COCCNc1cc(O)c2c(c1)/C=C/C[C@H](O)C(O)C(=O)/C=C\[C@@H](C)[C@H](C)OC2=O. The molecule has 0 fully saturated rings. The van der Waals surface area contributed by atoms with Gasteiger partial charge in [0.05, 0.1) is 12.7 Å². The van der Waals surface area contributed by atoms with Gasteiger partial charge in [-0.3, -0.25) is 4.79 Å². The lowest BCUT2D eigenvalue weighted by molar-refractivity contribution is -0.127. The summed E-state index contributed by atoms with van der Waals surface area (Å²) in [5, 5.41) is 33.7. The second-order valence-electron chi connectivity index (χ2n) is 7.26. The Morgan fingerprint density at radius 3 is 2.63 bits per heavy atom. The van der Waals surface area contributed by atoms with E-state index in [4.69, 9.17) is 9.47 Å². The maximum Gasteiger partial charge on any atom is 0.342 e. The van der Waals surface area contributed by atoms with E-state index in [0.29, 0.717) is 24.4 Å². The highest BCUT2D eigenvalue weighted by Gasteiger charge is 2.25. The minimum absolute atomic E-state index is 0.00487. The van der Waals surface area contributed by atoms with Gasteiger partial charge in [-0.15, -0.1) is 0 Å². The molecule has 0 spiro atoms. The molecule has 30 heavy (non-hydrogen) atoms. The van der Waals surface area contributed by atoms with Crippen LogP contribution in [0, 0.1) is 5.92 Å². The molecule has 4 atom stereocenters. The van der Waals surface area contributed by atoms with Crippen molar-refractivity contribution in [3.63, 3.8) is 0 Å². The van der Waals surface area contributed by atoms with Gasteiger partial charge < -0.3 is 30.1 Å². The molecule has 1 aromatic carbocycles. The van der Waals surface area contributed by atoms with Gasteiger partial charge in [0.25, 0.3) is 0 Å². The van der Waals surface area contributed by atoms with Crippen molar-refractivity contribution in [2.75, 3.05) is 25.6 Å². The zero-order chi connectivity index (χ0) is 22.3. The van der Waals surface area contributed by atoms with E-state index in [1.807, 2.05) is 0 Å². The summed E-state index contributed by atoms with van der Waals surface area (Å²) in [4.78, 5) is 24.8. The molecule has 2 rings (SSSR count). The molecule has 8 nitrogen and oxygen atoms in total. The predicted octanol–water partition coefficient (Wildman–Crippen LogP) is 1.90. The fourth-order valence-electron chi connectivity index (χ4n) is 2.89. The molecule has 1 aliphatic heterocycles. The Balaban J connectivity index is 2.44. The van der Waals surface area contributed by atoms with E-state index in [1.165, 1.54) is 30.4 Å². The van der Waals surface area contributed by atoms with E-state index < -0.39 is 30.1 Å². The molecular weight excluding hydrogens is 390 g/mol. The van der Waals surface area contributed by atoms with Gasteiger partial charge in [-0.25, -0.2) is 4.79 Å². The molecule has 8 heteroatoms. The van der Waals surface area contributed by atoms with E-state index in [1.54, 1.807) is 27.0 Å². The van der Waals surface area contributed by atoms with Crippen molar-refractivity contribution in [2.45, 2.75) is 38.6 Å². The zero-order valence-electron chi connectivity index (χ0n) is 17.4. The third-order valence-electron chi connectivity index (χ3n) is 4.92. The molecule has 0 radical (unpaired) electrons. The van der Waals surface area contributed by atoms with E-state index in [0.717, 1.165) is 0 Å². The summed E-state index contributed by atoms with van der Waals surface area (Å²) < 4.78 is 10.5. The number of aromatic hydroxyl groups is 1. The number of phenolic OH excluding ortho intramolecular Hbond substituents is 1. The molecule has 1 heterocycles. The monoisotopic (exact) mass is 419 g/mol. The van der Waals surface area contributed by atoms with Crippen LogP contribution < -0.4 is 5.32 Å². The third-order valence-corrected chi connectivity index (χ3v) is 4.92. The molecule has 0 saturated carbocycles. The third kappa shape index (κ3) is 6.16. The van der Waals surface area contributed by atoms with Gasteiger partial charge >= 0.3 is 5.97 Å². The Bertz CT molecular complexity index is 818. The molecule has 0 aliphatic carbocycles. The van der Waals surface area contributed by atoms with Gasteiger partial charge in [0.2, 0.25) is 0 Å². The molecule has 1 aromatic rings. The highest BCUT2D eigenvalue weighted by Crippen LogP contribution is 2.29. The van der Waals surface area contributed by atoms with Gasteiger partial charge in [-0.05, 0) is 31.1 Å². The molecule has 0 aromatic heterocycles. The molecule has 164 valence electrons. The van der Waals surface area contributed by atoms with Crippen molar-refractivity contribution in [1.29, 1.82) is 0 Å². The number of hydrogen-bond acceptors (Lipinski definition) is 8. The summed E-state index contributed by atoms with van der Waals surface area (Å²) in [7, 11) is 1.57. The van der Waals surface area contributed by atoms with Crippen LogP contribution in [0.15, 0.2) is 30.4 Å². The topological polar surface area (TPSA) is 125 Å². The first-order valence-electron chi connectivity index (χ1n) is 9.80. The van der Waals surface area contributed by atoms with Crippen molar-refractivity contribution in [2.24, 2.45) is 5.92 Å². The molecule has 0 bridgehead atoms. The Morgan fingerprint density at radius 1 is 1.20 bits per heavy atom. The van der Waals surface area contributed by atoms with E-state index in [2.05, 4.69) is 5.32 Å². The Labute approximate surface area is 175 Å². The van der Waals surface area contributed by atoms with Gasteiger partial charge in [-0.1, -0.05) is 25.2 Å². The standard InChI is InChI=1S/C22H29NO7/c1-13-7-8-18(25)21(27)17(24)6-4-5-15-11-16(23-9-10-29-3)12-19(26)20(15)22(28)30-14(13)2/h4-5,7-8,11-14,17,21,23-24,26-27H,6,9-10H2,1-3H3/b5-4+,8-7-/t13-,14+,17+,21?/m1/s1. The minimum atomic E-state index is -1.56. The number of anilines is 1. The highest BCUT2D eigenvalue weighted by molar-refractivity contribution is 5.97. The average molecular weight is 419 g/mol. The van der Waals surface area contributed by atoms with Crippen LogP contribution in [0.2, 0.25) is 0 Å². The van der Waals surface area contributed by atoms with Crippen LogP contribution in [0.1, 0.15) is 36.2 Å². The Hall–Kier alpha value is -2.68. The Morgan fingerprint density at radius 2 is 1.93 bits per heavy atom. The van der Waals surface area contributed by atoms with Crippen LogP contribution in [0.5, 0.6) is 5.75 Å². The van der Waals surface area contributed by atoms with Crippen LogP contribution in [0.3, 0.4) is 0 Å². The first-order chi connectivity index (χ1) is 14.2. The lowest BCUT2D eigenvalue weighted by Crippen LogP contribution is -2.32. The molecule has 0 amide bonds. The van der Waals surface area contributed by atoms with Crippen molar-refractivity contribution in [3.8, 4) is 5.75 Å². The summed E-state index contributed by atoms with van der Waals surface area (Å²) >= 11 is 0. The number of phenols is 1. The van der Waals surface area contributed by atoms with Gasteiger partial charge in [0.1, 0.15) is 23.5 Å². The largest absolute Gasteiger partial charge is 0.507 e. The van der Waals surface area contributed by atoms with Crippen molar-refractivity contribution in [1.82, 2.24) is 0 Å². The number of carbonyl (C=O) groups is 2. The van der Waals surface area contributed by atoms with Gasteiger partial charge in [0, 0.05) is 31.3 Å². The first kappa shape index (κ1) is 23.6. The fourth-order valence-corrected chi connectivity index (χ4v) is 2.89. The Kier molecular flexibility index (Phi) is 8.58. The fraction of sp³-hybridized carbons (Fsp3) is 0.455. The quantitative estimate of drug-likeness (QED) is 0.431. The summed E-state index contributed by atoms with van der Waals surface area (Å²) in [6, 6.07) is 3.09. The van der Waals surface area contributed by atoms with Crippen LogP contribution in [0.4, 0.5) is 5.69 Å². The van der Waals surface area contributed by atoms with Crippen LogP contribution in [0.25, 0.3) is 6.08 Å². The average Bonchev–Trinajstić information content (AvgIpc) is 2.70.